The molecule has 2 aromatic heterocycles. The van der Waals surface area contributed by atoms with Gasteiger partial charge in [0, 0.05) is 5.39 Å². The Kier molecular flexibility index (Phi) is 3.92. The monoisotopic (exact) mass is 334 g/mol. The van der Waals surface area contributed by atoms with Gasteiger partial charge in [0.05, 0.1) is 16.5 Å². The summed E-state index contributed by atoms with van der Waals surface area (Å²) < 4.78 is 1.76. The summed E-state index contributed by atoms with van der Waals surface area (Å²) in [7, 11) is 0. The minimum Gasteiger partial charge on any atom is -0.236 e. The predicted octanol–water partition coefficient (Wildman–Crippen LogP) is 3.46. The molecule has 1 atom stereocenters. The summed E-state index contributed by atoms with van der Waals surface area (Å²) in [5, 5.41) is 14.2. The van der Waals surface area contributed by atoms with Crippen molar-refractivity contribution in [2.24, 2.45) is 0 Å². The van der Waals surface area contributed by atoms with Gasteiger partial charge in [-0.2, -0.15) is 4.68 Å². The van der Waals surface area contributed by atoms with E-state index in [9.17, 15) is 0 Å². The highest BCUT2D eigenvalue weighted by Crippen LogP contribution is 2.36. The van der Waals surface area contributed by atoms with E-state index in [2.05, 4.69) is 32.4 Å². The molecule has 6 nitrogen and oxygen atoms in total. The zero-order valence-electron chi connectivity index (χ0n) is 12.9. The number of aromatic nitrogens is 6. The van der Waals surface area contributed by atoms with Gasteiger partial charge in [0.25, 0.3) is 0 Å². The van der Waals surface area contributed by atoms with E-state index in [0.717, 1.165) is 27.4 Å². The molecule has 0 saturated carbocycles. The summed E-state index contributed by atoms with van der Waals surface area (Å²) in [6.45, 7) is 2.08. The molecule has 0 radical (unpaired) electrons. The van der Waals surface area contributed by atoms with Crippen molar-refractivity contribution in [3.05, 3.63) is 66.7 Å². The van der Waals surface area contributed by atoms with Gasteiger partial charge in [-0.3, -0.25) is 0 Å². The Bertz CT molecular complexity index is 964. The number of nitrogens with zero attached hydrogens (tertiary/aromatic N) is 6. The summed E-state index contributed by atoms with van der Waals surface area (Å²) >= 11 is 1.63. The number of hydrogen-bond donors (Lipinski definition) is 0. The fraction of sp³-hybridized carbons (Fsp3) is 0.118. The standard InChI is InChI=1S/C17H14N6S/c1-12(16-20-21-22-23(16)13-7-3-2-4-8-13)24-17-14-9-5-6-10-15(14)18-11-19-17/h2-12H,1H3/t12-/m0/s1. The highest BCUT2D eigenvalue weighted by Gasteiger charge is 2.18. The van der Waals surface area contributed by atoms with E-state index >= 15 is 0 Å². The molecule has 0 spiro atoms. The van der Waals surface area contributed by atoms with Gasteiger partial charge < -0.3 is 0 Å². The van der Waals surface area contributed by atoms with Crippen LogP contribution in [0, 0.1) is 0 Å². The Labute approximate surface area is 143 Å². The molecule has 0 saturated heterocycles. The van der Waals surface area contributed by atoms with E-state index < -0.39 is 0 Å². The van der Waals surface area contributed by atoms with Crippen LogP contribution in [0.15, 0.2) is 66.0 Å². The minimum atomic E-state index is 0.0403. The maximum atomic E-state index is 4.43. The summed E-state index contributed by atoms with van der Waals surface area (Å²) in [6.07, 6.45) is 1.59. The second kappa shape index (κ2) is 6.37. The maximum absolute atomic E-state index is 4.43. The van der Waals surface area contributed by atoms with Crippen molar-refractivity contribution < 1.29 is 0 Å². The molecule has 2 heterocycles. The number of thioether (sulfide) groups is 1. The van der Waals surface area contributed by atoms with E-state index in [1.807, 2.05) is 54.6 Å². The van der Waals surface area contributed by atoms with Crippen LogP contribution >= 0.6 is 11.8 Å². The lowest BCUT2D eigenvalue weighted by molar-refractivity contribution is 0.762. The highest BCUT2D eigenvalue weighted by molar-refractivity contribution is 7.99. The molecule has 4 rings (SSSR count). The molecule has 0 bridgehead atoms. The van der Waals surface area contributed by atoms with Gasteiger partial charge in [-0.1, -0.05) is 48.2 Å². The third-order valence-corrected chi connectivity index (χ3v) is 4.77. The van der Waals surface area contributed by atoms with Gasteiger partial charge in [-0.15, -0.1) is 5.10 Å². The Balaban J connectivity index is 1.68. The molecule has 0 unspecified atom stereocenters. The first-order valence-electron chi connectivity index (χ1n) is 7.53. The van der Waals surface area contributed by atoms with Crippen molar-refractivity contribution in [3.8, 4) is 5.69 Å². The smallest absolute Gasteiger partial charge is 0.169 e. The molecule has 0 N–H and O–H groups in total. The third-order valence-electron chi connectivity index (χ3n) is 3.65. The van der Waals surface area contributed by atoms with Crippen molar-refractivity contribution in [1.29, 1.82) is 0 Å². The topological polar surface area (TPSA) is 69.4 Å². The van der Waals surface area contributed by atoms with Crippen LogP contribution in [-0.2, 0) is 0 Å². The first-order valence-corrected chi connectivity index (χ1v) is 8.41. The van der Waals surface area contributed by atoms with E-state index in [1.54, 1.807) is 22.8 Å². The SMILES string of the molecule is C[C@H](Sc1ncnc2ccccc12)c1nnnn1-c1ccccc1. The molecular formula is C17H14N6S. The molecule has 4 aromatic rings. The molecule has 0 aliphatic heterocycles. The van der Waals surface area contributed by atoms with Crippen LogP contribution in [0.5, 0.6) is 0 Å². The van der Waals surface area contributed by atoms with Crippen molar-refractivity contribution in [3.63, 3.8) is 0 Å². The lowest BCUT2D eigenvalue weighted by Crippen LogP contribution is -2.05. The molecule has 118 valence electrons. The van der Waals surface area contributed by atoms with Crippen LogP contribution in [-0.4, -0.2) is 30.2 Å². The van der Waals surface area contributed by atoms with E-state index in [1.165, 1.54) is 0 Å². The zero-order chi connectivity index (χ0) is 16.4. The first-order chi connectivity index (χ1) is 11.8. The molecule has 0 fully saturated rings. The summed E-state index contributed by atoms with van der Waals surface area (Å²) in [5.41, 5.74) is 1.88. The lowest BCUT2D eigenvalue weighted by Gasteiger charge is -2.12. The summed E-state index contributed by atoms with van der Waals surface area (Å²) in [5.74, 6) is 0.786. The number of hydrogen-bond acceptors (Lipinski definition) is 6. The van der Waals surface area contributed by atoms with Crippen LogP contribution < -0.4 is 0 Å². The normalized spacial score (nSPS) is 12.4. The van der Waals surface area contributed by atoms with Gasteiger partial charge in [0.1, 0.15) is 11.4 Å². The van der Waals surface area contributed by atoms with Crippen LogP contribution in [0.25, 0.3) is 16.6 Å². The first kappa shape index (κ1) is 14.8. The fourth-order valence-electron chi connectivity index (χ4n) is 2.49. The second-order valence-electron chi connectivity index (χ2n) is 5.24. The Hall–Kier alpha value is -2.80. The Morgan fingerprint density at radius 3 is 2.62 bits per heavy atom. The molecule has 2 aromatic carbocycles. The highest BCUT2D eigenvalue weighted by atomic mass is 32.2. The zero-order valence-corrected chi connectivity index (χ0v) is 13.8. The van der Waals surface area contributed by atoms with Crippen molar-refractivity contribution in [2.75, 3.05) is 0 Å². The number of para-hydroxylation sites is 2. The van der Waals surface area contributed by atoms with Crippen molar-refractivity contribution in [1.82, 2.24) is 30.2 Å². The van der Waals surface area contributed by atoms with Gasteiger partial charge in [0.15, 0.2) is 5.82 Å². The van der Waals surface area contributed by atoms with Crippen molar-refractivity contribution >= 4 is 22.7 Å². The largest absolute Gasteiger partial charge is 0.236 e. The van der Waals surface area contributed by atoms with E-state index in [-0.39, 0.29) is 5.25 Å². The molecule has 7 heteroatoms. The lowest BCUT2D eigenvalue weighted by atomic mass is 10.2. The fourth-order valence-corrected chi connectivity index (χ4v) is 3.49. The summed E-state index contributed by atoms with van der Waals surface area (Å²) in [6, 6.07) is 17.9. The minimum absolute atomic E-state index is 0.0403. The van der Waals surface area contributed by atoms with Gasteiger partial charge >= 0.3 is 0 Å². The third kappa shape index (κ3) is 2.74. The second-order valence-corrected chi connectivity index (χ2v) is 6.57. The predicted molar refractivity (Wildman–Crippen MR) is 93.0 cm³/mol. The summed E-state index contributed by atoms with van der Waals surface area (Å²) in [4.78, 5) is 8.74. The van der Waals surface area contributed by atoms with E-state index in [4.69, 9.17) is 0 Å². The van der Waals surface area contributed by atoms with Crippen LogP contribution in [0.2, 0.25) is 0 Å². The number of tetrazole rings is 1. The molecule has 0 aliphatic carbocycles. The molecular weight excluding hydrogens is 320 g/mol. The van der Waals surface area contributed by atoms with Crippen LogP contribution in [0.3, 0.4) is 0 Å². The molecule has 0 amide bonds. The molecule has 24 heavy (non-hydrogen) atoms. The molecule has 0 aliphatic rings. The van der Waals surface area contributed by atoms with Crippen LogP contribution in [0.1, 0.15) is 18.0 Å². The number of benzene rings is 2. The number of rotatable bonds is 4. The van der Waals surface area contributed by atoms with Gasteiger partial charge in [0.2, 0.25) is 0 Å². The average molecular weight is 334 g/mol. The Morgan fingerprint density at radius 2 is 1.75 bits per heavy atom. The average Bonchev–Trinajstić information content (AvgIpc) is 3.13. The maximum Gasteiger partial charge on any atom is 0.169 e. The van der Waals surface area contributed by atoms with Crippen molar-refractivity contribution in [2.45, 2.75) is 17.2 Å². The van der Waals surface area contributed by atoms with Gasteiger partial charge in [-0.25, -0.2) is 9.97 Å². The van der Waals surface area contributed by atoms with E-state index in [0.29, 0.717) is 0 Å². The van der Waals surface area contributed by atoms with Crippen LogP contribution in [0.4, 0.5) is 0 Å². The Morgan fingerprint density at radius 1 is 0.958 bits per heavy atom. The van der Waals surface area contributed by atoms with Gasteiger partial charge in [-0.05, 0) is 35.5 Å². The quantitative estimate of drug-likeness (QED) is 0.420. The number of fused-ring (bicyclic) bond motifs is 1.